The minimum absolute atomic E-state index is 0.130. The van der Waals surface area contributed by atoms with Crippen molar-refractivity contribution < 1.29 is 0 Å². The van der Waals surface area contributed by atoms with E-state index in [1.165, 1.54) is 27.6 Å². The van der Waals surface area contributed by atoms with Crippen molar-refractivity contribution in [1.29, 1.82) is 0 Å². The molecule has 0 radical (unpaired) electrons. The Balaban J connectivity index is 1.86. The highest BCUT2D eigenvalue weighted by molar-refractivity contribution is 9.10. The van der Waals surface area contributed by atoms with Gasteiger partial charge in [0.1, 0.15) is 0 Å². The molecule has 0 saturated heterocycles. The molecular formula is C30H28BrN2P. The number of benzene rings is 4. The molecule has 4 aromatic rings. The normalized spacial score (nSPS) is 15.9. The molecule has 0 saturated carbocycles. The molecule has 0 fully saturated rings. The van der Waals surface area contributed by atoms with Gasteiger partial charge in [-0.15, -0.1) is 0 Å². The van der Waals surface area contributed by atoms with E-state index >= 15 is 0 Å². The van der Waals surface area contributed by atoms with Crippen molar-refractivity contribution in [3.8, 4) is 0 Å². The molecule has 0 aliphatic carbocycles. The van der Waals surface area contributed by atoms with E-state index in [1.54, 1.807) is 0 Å². The van der Waals surface area contributed by atoms with Crippen LogP contribution in [0.5, 0.6) is 0 Å². The number of hydrogen-bond acceptors (Lipinski definition) is 2. The predicted octanol–water partition coefficient (Wildman–Crippen LogP) is 8.20. The van der Waals surface area contributed by atoms with E-state index in [-0.39, 0.29) is 5.41 Å². The third-order valence-corrected chi connectivity index (χ3v) is 10.5. The molecule has 0 atom stereocenters. The van der Waals surface area contributed by atoms with E-state index in [2.05, 4.69) is 157 Å². The van der Waals surface area contributed by atoms with Crippen LogP contribution in [0, 0.1) is 0 Å². The molecule has 1 aliphatic heterocycles. The van der Waals surface area contributed by atoms with E-state index in [0.29, 0.717) is 0 Å². The average Bonchev–Trinajstić information content (AvgIpc) is 3.06. The molecule has 1 aliphatic rings. The van der Waals surface area contributed by atoms with Gasteiger partial charge in [-0.25, -0.2) is 0 Å². The second-order valence-corrected chi connectivity index (χ2v) is 12.9. The zero-order valence-electron chi connectivity index (χ0n) is 19.7. The van der Waals surface area contributed by atoms with Gasteiger partial charge in [-0.2, -0.15) is 0 Å². The Bertz CT molecular complexity index is 1350. The van der Waals surface area contributed by atoms with Crippen molar-refractivity contribution in [2.24, 2.45) is 4.74 Å². The lowest BCUT2D eigenvalue weighted by atomic mass is 9.84. The summed E-state index contributed by atoms with van der Waals surface area (Å²) in [6.45, 7) is 4.65. The van der Waals surface area contributed by atoms with Crippen LogP contribution in [-0.2, 0) is 5.41 Å². The van der Waals surface area contributed by atoms with Crippen LogP contribution in [0.25, 0.3) is 0 Å². The van der Waals surface area contributed by atoms with Crippen LogP contribution in [0.3, 0.4) is 0 Å². The fourth-order valence-corrected chi connectivity index (χ4v) is 8.60. The summed E-state index contributed by atoms with van der Waals surface area (Å²) in [4.78, 5) is 2.35. The van der Waals surface area contributed by atoms with Crippen LogP contribution in [0.1, 0.15) is 19.4 Å². The van der Waals surface area contributed by atoms with E-state index in [4.69, 9.17) is 4.74 Å². The molecule has 4 aromatic carbocycles. The Morgan fingerprint density at radius 2 is 1.26 bits per heavy atom. The Morgan fingerprint density at radius 3 is 1.82 bits per heavy atom. The van der Waals surface area contributed by atoms with Gasteiger partial charge < -0.3 is 4.90 Å². The van der Waals surface area contributed by atoms with Gasteiger partial charge in [-0.05, 0) is 41.7 Å². The molecule has 1 heterocycles. The van der Waals surface area contributed by atoms with Crippen LogP contribution in [0.4, 0.5) is 11.4 Å². The molecule has 0 spiro atoms. The summed E-state index contributed by atoms with van der Waals surface area (Å²) in [5.41, 5.74) is 4.76. The Hall–Kier alpha value is -2.87. The summed E-state index contributed by atoms with van der Waals surface area (Å²) in [6.07, 6.45) is 0. The SMILES string of the molecule is CN1/C(=C/P(=Nc2ccc(Br)cc2)(c2ccccc2)c2ccccc2)C(C)(C)c2ccccc21. The van der Waals surface area contributed by atoms with E-state index in [9.17, 15) is 0 Å². The van der Waals surface area contributed by atoms with Gasteiger partial charge in [-0.1, -0.05) is 109 Å². The molecular weight excluding hydrogens is 499 g/mol. The molecule has 5 rings (SSSR count). The van der Waals surface area contributed by atoms with Gasteiger partial charge in [0.05, 0.1) is 12.7 Å². The number of likely N-dealkylation sites (N-methyl/N-ethyl adjacent to an activating group) is 1. The number of hydrogen-bond donors (Lipinski definition) is 0. The number of rotatable bonds is 4. The lowest BCUT2D eigenvalue weighted by Gasteiger charge is -2.30. The number of allylic oxidation sites excluding steroid dienone is 1. The van der Waals surface area contributed by atoms with Crippen molar-refractivity contribution in [2.45, 2.75) is 19.3 Å². The summed E-state index contributed by atoms with van der Waals surface area (Å²) < 4.78 is 6.64. The molecule has 0 unspecified atom stereocenters. The zero-order chi connectivity index (χ0) is 23.8. The van der Waals surface area contributed by atoms with E-state index in [1.807, 2.05) is 0 Å². The molecule has 2 nitrogen and oxygen atoms in total. The van der Waals surface area contributed by atoms with Gasteiger partial charge in [0, 0.05) is 38.9 Å². The molecule has 0 N–H and O–H groups in total. The summed E-state index contributed by atoms with van der Waals surface area (Å²) in [5, 5.41) is 2.49. The molecule has 170 valence electrons. The lowest BCUT2D eigenvalue weighted by molar-refractivity contribution is 0.641. The maximum atomic E-state index is 5.59. The largest absolute Gasteiger partial charge is 0.347 e. The first-order valence-corrected chi connectivity index (χ1v) is 14.1. The fourth-order valence-electron chi connectivity index (χ4n) is 4.85. The standard InChI is InChI=1S/C30H28BrN2P/c1-30(2)27-16-10-11-17-28(27)33(3)29(30)22-34(25-12-6-4-7-13-25,26-14-8-5-9-15-26)32-24-20-18-23(31)19-21-24/h4-22H,1-3H3/b29-22+. The zero-order valence-corrected chi connectivity index (χ0v) is 22.2. The van der Waals surface area contributed by atoms with E-state index in [0.717, 1.165) is 10.2 Å². The van der Waals surface area contributed by atoms with Crippen LogP contribution in [0.15, 0.2) is 130 Å². The molecule has 4 heteroatoms. The molecule has 0 bridgehead atoms. The van der Waals surface area contributed by atoms with Gasteiger partial charge in [-0.3, -0.25) is 4.74 Å². The Morgan fingerprint density at radius 1 is 0.735 bits per heavy atom. The summed E-state index contributed by atoms with van der Waals surface area (Å²) >= 11 is 3.57. The average molecular weight is 527 g/mol. The maximum Gasteiger partial charge on any atom is 0.0625 e. The van der Waals surface area contributed by atoms with E-state index < -0.39 is 7.05 Å². The highest BCUT2D eigenvalue weighted by Gasteiger charge is 2.40. The molecule has 34 heavy (non-hydrogen) atoms. The third-order valence-electron chi connectivity index (χ3n) is 6.65. The predicted molar refractivity (Wildman–Crippen MR) is 151 cm³/mol. The highest BCUT2D eigenvalue weighted by Crippen LogP contribution is 2.57. The molecule has 0 amide bonds. The van der Waals surface area contributed by atoms with Gasteiger partial charge >= 0.3 is 0 Å². The third kappa shape index (κ3) is 3.98. The van der Waals surface area contributed by atoms with Crippen LogP contribution >= 0.6 is 23.0 Å². The second kappa shape index (κ2) is 9.06. The summed E-state index contributed by atoms with van der Waals surface area (Å²) in [6, 6.07) is 38.7. The number of fused-ring (bicyclic) bond motifs is 1. The van der Waals surface area contributed by atoms with Crippen LogP contribution in [-0.4, -0.2) is 7.05 Å². The molecule has 0 aromatic heterocycles. The van der Waals surface area contributed by atoms with Crippen molar-refractivity contribution in [3.63, 3.8) is 0 Å². The number of halogens is 1. The Labute approximate surface area is 211 Å². The second-order valence-electron chi connectivity index (χ2n) is 9.15. The van der Waals surface area contributed by atoms with Gasteiger partial charge in [0.15, 0.2) is 0 Å². The summed E-state index contributed by atoms with van der Waals surface area (Å²) in [5.74, 6) is 2.49. The topological polar surface area (TPSA) is 15.6 Å². The van der Waals surface area contributed by atoms with Gasteiger partial charge in [0.2, 0.25) is 0 Å². The number of anilines is 1. The van der Waals surface area contributed by atoms with Crippen molar-refractivity contribution in [1.82, 2.24) is 0 Å². The monoisotopic (exact) mass is 526 g/mol. The summed E-state index contributed by atoms with van der Waals surface area (Å²) in [7, 11) is -0.143. The van der Waals surface area contributed by atoms with Crippen molar-refractivity contribution in [3.05, 3.63) is 131 Å². The first-order valence-electron chi connectivity index (χ1n) is 11.5. The maximum absolute atomic E-state index is 5.59. The van der Waals surface area contributed by atoms with Crippen molar-refractivity contribution in [2.75, 3.05) is 11.9 Å². The smallest absolute Gasteiger partial charge is 0.0625 e. The first kappa shape index (κ1) is 22.9. The van der Waals surface area contributed by atoms with Gasteiger partial charge in [0.25, 0.3) is 0 Å². The quantitative estimate of drug-likeness (QED) is 0.244. The van der Waals surface area contributed by atoms with Crippen LogP contribution in [0.2, 0.25) is 0 Å². The lowest BCUT2D eigenvalue weighted by Crippen LogP contribution is -2.25. The highest BCUT2D eigenvalue weighted by atomic mass is 79.9. The van der Waals surface area contributed by atoms with Crippen molar-refractivity contribution >= 4 is 45.0 Å². The minimum Gasteiger partial charge on any atom is -0.347 e. The van der Waals surface area contributed by atoms with Crippen LogP contribution < -0.4 is 15.5 Å². The fraction of sp³-hybridized carbons (Fsp3) is 0.133. The number of para-hydroxylation sites is 1. The Kier molecular flexibility index (Phi) is 6.10. The first-order chi connectivity index (χ1) is 16.4. The number of nitrogens with zero attached hydrogens (tertiary/aromatic N) is 2. The minimum atomic E-state index is -2.33.